The average molecular weight is 207 g/mol. The van der Waals surface area contributed by atoms with Crippen LogP contribution in [0, 0.1) is 11.8 Å². The fraction of sp³-hybridized carbons (Fsp3) is 0.583. The number of hydrogen-bond acceptors (Lipinski definition) is 3. The summed E-state index contributed by atoms with van der Waals surface area (Å²) in [5.74, 6) is 1.18. The van der Waals surface area contributed by atoms with Gasteiger partial charge in [-0.2, -0.15) is 0 Å². The lowest BCUT2D eigenvalue weighted by Crippen LogP contribution is -2.31. The predicted octanol–water partition coefficient (Wildman–Crippen LogP) is 1.40. The van der Waals surface area contributed by atoms with Crippen molar-refractivity contribution in [1.29, 1.82) is 0 Å². The van der Waals surface area contributed by atoms with Gasteiger partial charge in [-0.15, -0.1) is 0 Å². The second-order valence-electron chi connectivity index (χ2n) is 4.19. The van der Waals surface area contributed by atoms with Crippen molar-refractivity contribution in [3.63, 3.8) is 0 Å². The minimum atomic E-state index is 0.550. The summed E-state index contributed by atoms with van der Waals surface area (Å²) >= 11 is 0. The highest BCUT2D eigenvalue weighted by Crippen LogP contribution is 2.07. The molecular weight excluding hydrogens is 186 g/mol. The first kappa shape index (κ1) is 12.1. The van der Waals surface area contributed by atoms with E-state index < -0.39 is 0 Å². The van der Waals surface area contributed by atoms with Gasteiger partial charge in [-0.05, 0) is 37.1 Å². The second-order valence-corrected chi connectivity index (χ2v) is 4.19. The molecular formula is C12H21N3. The summed E-state index contributed by atoms with van der Waals surface area (Å²) < 4.78 is 0. The highest BCUT2D eigenvalue weighted by molar-refractivity contribution is 5.02. The molecule has 0 saturated heterocycles. The Balaban J connectivity index is 2.27. The molecule has 3 heteroatoms. The van der Waals surface area contributed by atoms with Gasteiger partial charge in [0.25, 0.3) is 0 Å². The van der Waals surface area contributed by atoms with Gasteiger partial charge in [-0.3, -0.25) is 4.98 Å². The third-order valence-electron chi connectivity index (χ3n) is 2.68. The van der Waals surface area contributed by atoms with Crippen molar-refractivity contribution in [3.05, 3.63) is 30.1 Å². The van der Waals surface area contributed by atoms with Crippen LogP contribution in [-0.2, 0) is 6.54 Å². The number of rotatable bonds is 6. The third kappa shape index (κ3) is 4.40. The van der Waals surface area contributed by atoms with Crippen LogP contribution < -0.4 is 11.1 Å². The number of nitrogens with zero attached hydrogens (tertiary/aromatic N) is 1. The monoisotopic (exact) mass is 207 g/mol. The highest BCUT2D eigenvalue weighted by Gasteiger charge is 2.10. The zero-order valence-corrected chi connectivity index (χ0v) is 9.61. The molecule has 1 heterocycles. The molecule has 0 aliphatic carbocycles. The fourth-order valence-electron chi connectivity index (χ4n) is 1.48. The maximum atomic E-state index is 5.70. The van der Waals surface area contributed by atoms with Gasteiger partial charge in [0.05, 0.1) is 5.69 Å². The summed E-state index contributed by atoms with van der Waals surface area (Å²) in [5, 5.41) is 3.39. The Bertz CT molecular complexity index is 259. The van der Waals surface area contributed by atoms with Gasteiger partial charge < -0.3 is 11.1 Å². The molecule has 1 rings (SSSR count). The summed E-state index contributed by atoms with van der Waals surface area (Å²) in [6, 6.07) is 5.97. The molecule has 1 aromatic heterocycles. The number of pyridine rings is 1. The van der Waals surface area contributed by atoms with Crippen LogP contribution in [0.15, 0.2) is 24.4 Å². The zero-order valence-electron chi connectivity index (χ0n) is 9.61. The van der Waals surface area contributed by atoms with Crippen LogP contribution in [0.3, 0.4) is 0 Å². The van der Waals surface area contributed by atoms with E-state index in [1.54, 1.807) is 0 Å². The second kappa shape index (κ2) is 6.53. The molecule has 0 amide bonds. The first-order valence-electron chi connectivity index (χ1n) is 5.54. The molecule has 0 radical (unpaired) electrons. The van der Waals surface area contributed by atoms with Gasteiger partial charge in [0.2, 0.25) is 0 Å². The SMILES string of the molecule is CC(C)C(CN)CNCc1ccccn1. The van der Waals surface area contributed by atoms with E-state index in [4.69, 9.17) is 5.73 Å². The summed E-state index contributed by atoms with van der Waals surface area (Å²) in [4.78, 5) is 4.25. The highest BCUT2D eigenvalue weighted by atomic mass is 14.9. The molecule has 3 nitrogen and oxygen atoms in total. The van der Waals surface area contributed by atoms with Gasteiger partial charge in [-0.25, -0.2) is 0 Å². The smallest absolute Gasteiger partial charge is 0.0541 e. The van der Waals surface area contributed by atoms with Crippen LogP contribution >= 0.6 is 0 Å². The largest absolute Gasteiger partial charge is 0.330 e. The minimum absolute atomic E-state index is 0.550. The zero-order chi connectivity index (χ0) is 11.1. The van der Waals surface area contributed by atoms with E-state index in [9.17, 15) is 0 Å². The Morgan fingerprint density at radius 2 is 2.20 bits per heavy atom. The van der Waals surface area contributed by atoms with E-state index in [-0.39, 0.29) is 0 Å². The van der Waals surface area contributed by atoms with Gasteiger partial charge in [0, 0.05) is 12.7 Å². The van der Waals surface area contributed by atoms with Crippen LogP contribution in [0.1, 0.15) is 19.5 Å². The molecule has 0 aliphatic heterocycles. The summed E-state index contributed by atoms with van der Waals surface area (Å²) in [5.41, 5.74) is 6.78. The number of aromatic nitrogens is 1. The Kier molecular flexibility index (Phi) is 5.29. The summed E-state index contributed by atoms with van der Waals surface area (Å²) in [6.07, 6.45) is 1.82. The van der Waals surface area contributed by atoms with Gasteiger partial charge in [0.15, 0.2) is 0 Å². The topological polar surface area (TPSA) is 50.9 Å². The van der Waals surface area contributed by atoms with Gasteiger partial charge in [-0.1, -0.05) is 19.9 Å². The van der Waals surface area contributed by atoms with Gasteiger partial charge >= 0.3 is 0 Å². The maximum Gasteiger partial charge on any atom is 0.0541 e. The van der Waals surface area contributed by atoms with E-state index in [1.807, 2.05) is 24.4 Å². The van der Waals surface area contributed by atoms with E-state index >= 15 is 0 Å². The third-order valence-corrected chi connectivity index (χ3v) is 2.68. The molecule has 1 unspecified atom stereocenters. The van der Waals surface area contributed by atoms with Crippen molar-refractivity contribution in [2.75, 3.05) is 13.1 Å². The number of nitrogens with two attached hydrogens (primary N) is 1. The Hall–Kier alpha value is -0.930. The lowest BCUT2D eigenvalue weighted by atomic mass is 9.96. The number of hydrogen-bond donors (Lipinski definition) is 2. The van der Waals surface area contributed by atoms with Crippen LogP contribution in [0.25, 0.3) is 0 Å². The van der Waals surface area contributed by atoms with Crippen LogP contribution in [0.2, 0.25) is 0 Å². The van der Waals surface area contributed by atoms with Crippen molar-refractivity contribution in [3.8, 4) is 0 Å². The van der Waals surface area contributed by atoms with Crippen molar-refractivity contribution >= 4 is 0 Å². The number of nitrogens with one attached hydrogen (secondary N) is 1. The van der Waals surface area contributed by atoms with Gasteiger partial charge in [0.1, 0.15) is 0 Å². The molecule has 84 valence electrons. The van der Waals surface area contributed by atoms with Crippen molar-refractivity contribution < 1.29 is 0 Å². The summed E-state index contributed by atoms with van der Waals surface area (Å²) in [7, 11) is 0. The quantitative estimate of drug-likeness (QED) is 0.741. The van der Waals surface area contributed by atoms with E-state index in [2.05, 4.69) is 24.1 Å². The molecule has 3 N–H and O–H groups in total. The summed E-state index contributed by atoms with van der Waals surface area (Å²) in [6.45, 7) is 6.95. The molecule has 0 saturated carbocycles. The van der Waals surface area contributed by atoms with Crippen LogP contribution in [0.5, 0.6) is 0 Å². The fourth-order valence-corrected chi connectivity index (χ4v) is 1.48. The predicted molar refractivity (Wildman–Crippen MR) is 63.3 cm³/mol. The molecule has 0 spiro atoms. The molecule has 0 fully saturated rings. The van der Waals surface area contributed by atoms with Crippen molar-refractivity contribution in [1.82, 2.24) is 10.3 Å². The average Bonchev–Trinajstić information content (AvgIpc) is 2.25. The molecule has 0 aliphatic rings. The molecule has 1 atom stereocenters. The van der Waals surface area contributed by atoms with E-state index in [0.29, 0.717) is 11.8 Å². The molecule has 1 aromatic rings. The standard InChI is InChI=1S/C12H21N3/c1-10(2)11(7-13)8-14-9-12-5-3-4-6-15-12/h3-6,10-11,14H,7-9,13H2,1-2H3. The Morgan fingerprint density at radius 3 is 2.73 bits per heavy atom. The normalized spacial score (nSPS) is 13.1. The lowest BCUT2D eigenvalue weighted by Gasteiger charge is -2.19. The minimum Gasteiger partial charge on any atom is -0.330 e. The lowest BCUT2D eigenvalue weighted by molar-refractivity contribution is 0.370. The first-order valence-corrected chi connectivity index (χ1v) is 5.54. The van der Waals surface area contributed by atoms with E-state index in [1.165, 1.54) is 0 Å². The molecule has 0 bridgehead atoms. The van der Waals surface area contributed by atoms with Crippen molar-refractivity contribution in [2.24, 2.45) is 17.6 Å². The maximum absolute atomic E-state index is 5.70. The molecule has 0 aromatic carbocycles. The Morgan fingerprint density at radius 1 is 1.40 bits per heavy atom. The Labute approximate surface area is 92.1 Å². The van der Waals surface area contributed by atoms with Crippen LogP contribution in [-0.4, -0.2) is 18.1 Å². The van der Waals surface area contributed by atoms with Crippen LogP contribution in [0.4, 0.5) is 0 Å². The molecule has 15 heavy (non-hydrogen) atoms. The van der Waals surface area contributed by atoms with Crippen molar-refractivity contribution in [2.45, 2.75) is 20.4 Å². The van der Waals surface area contributed by atoms with E-state index in [0.717, 1.165) is 25.3 Å². The first-order chi connectivity index (χ1) is 7.24.